The zero-order valence-corrected chi connectivity index (χ0v) is 35.6. The minimum Gasteiger partial charge on any atom is -0.493 e. The van der Waals surface area contributed by atoms with Gasteiger partial charge in [0.1, 0.15) is 5.69 Å². The maximum absolute atomic E-state index is 12.5. The third-order valence-electron chi connectivity index (χ3n) is 8.30. The lowest BCUT2D eigenvalue weighted by Crippen LogP contribution is -2.13. The van der Waals surface area contributed by atoms with Crippen molar-refractivity contribution in [2.75, 3.05) is 59.0 Å². The van der Waals surface area contributed by atoms with Crippen LogP contribution < -0.4 is 39.5 Å². The van der Waals surface area contributed by atoms with E-state index in [1.807, 2.05) is 71.4 Å². The Hall–Kier alpha value is -6.23. The molecule has 0 aliphatic rings. The molecular formula is C42H40BrN5O8S2. The summed E-state index contributed by atoms with van der Waals surface area (Å²) in [4.78, 5) is 36.8. The van der Waals surface area contributed by atoms with Gasteiger partial charge in [-0.3, -0.25) is 19.9 Å². The van der Waals surface area contributed by atoms with Crippen molar-refractivity contribution in [2.45, 2.75) is 0 Å². The van der Waals surface area contributed by atoms with Crippen molar-refractivity contribution < 1.29 is 38.0 Å². The van der Waals surface area contributed by atoms with Crippen molar-refractivity contribution in [3.05, 3.63) is 113 Å². The number of anilines is 2. The van der Waals surface area contributed by atoms with Gasteiger partial charge < -0.3 is 34.2 Å². The van der Waals surface area contributed by atoms with Crippen molar-refractivity contribution in [1.82, 2.24) is 15.0 Å². The summed E-state index contributed by atoms with van der Waals surface area (Å²) in [5, 5.41) is 9.93. The molecule has 3 heterocycles. The second kappa shape index (κ2) is 20.8. The number of amides is 1. The molecule has 3 aromatic heterocycles. The van der Waals surface area contributed by atoms with E-state index in [-0.39, 0.29) is 11.7 Å². The average Bonchev–Trinajstić information content (AvgIpc) is 3.94. The van der Waals surface area contributed by atoms with E-state index in [1.54, 1.807) is 73.1 Å². The van der Waals surface area contributed by atoms with E-state index in [4.69, 9.17) is 34.2 Å². The number of methoxy groups -OCH3 is 6. The van der Waals surface area contributed by atoms with Crippen LogP contribution in [-0.4, -0.2) is 74.6 Å². The number of pyridine rings is 1. The van der Waals surface area contributed by atoms with Gasteiger partial charge in [0.05, 0.1) is 59.4 Å². The number of carbonyl (C=O) groups excluding carboxylic acids is 2. The van der Waals surface area contributed by atoms with Gasteiger partial charge in [-0.05, 0) is 66.0 Å². The van der Waals surface area contributed by atoms with Crippen LogP contribution in [0.5, 0.6) is 34.5 Å². The number of aromatic nitrogens is 3. The number of carbonyl (C=O) groups is 2. The minimum atomic E-state index is -0.293. The summed E-state index contributed by atoms with van der Waals surface area (Å²) in [7, 11) is 9.50. The number of fused-ring (bicyclic) bond motifs is 1. The molecule has 0 saturated heterocycles. The van der Waals surface area contributed by atoms with Crippen molar-refractivity contribution >= 4 is 71.3 Å². The summed E-state index contributed by atoms with van der Waals surface area (Å²) in [5.74, 6) is 3.58. The lowest BCUT2D eigenvalue weighted by Gasteiger charge is -2.08. The van der Waals surface area contributed by atoms with Crippen LogP contribution in [0.2, 0.25) is 0 Å². The van der Waals surface area contributed by atoms with Crippen LogP contribution in [0.3, 0.4) is 0 Å². The number of nitrogens with zero attached hydrogens (tertiary/aromatic N) is 3. The second-order valence-electron chi connectivity index (χ2n) is 11.7. The third-order valence-corrected chi connectivity index (χ3v) is 10.2. The van der Waals surface area contributed by atoms with Gasteiger partial charge in [-0.1, -0.05) is 40.2 Å². The predicted molar refractivity (Wildman–Crippen MR) is 233 cm³/mol. The average molecular weight is 887 g/mol. The van der Waals surface area contributed by atoms with Crippen LogP contribution in [-0.2, 0) is 0 Å². The number of rotatable bonds is 12. The number of hydrogen-bond acceptors (Lipinski definition) is 14. The summed E-state index contributed by atoms with van der Waals surface area (Å²) < 4.78 is 31.1. The van der Waals surface area contributed by atoms with Crippen LogP contribution >= 0.6 is 38.6 Å². The molecule has 7 aromatic rings. The number of hydrogen-bond donors (Lipinski definition) is 2. The van der Waals surface area contributed by atoms with E-state index in [0.29, 0.717) is 61.3 Å². The van der Waals surface area contributed by atoms with E-state index in [1.165, 1.54) is 22.7 Å². The highest BCUT2D eigenvalue weighted by Crippen LogP contribution is 2.35. The normalized spacial score (nSPS) is 10.3. The molecule has 13 nitrogen and oxygen atoms in total. The minimum absolute atomic E-state index is 0.0194. The number of Topliss-reactive ketones (excluding diaryl/α,β-unsaturated/α-hetero) is 1. The van der Waals surface area contributed by atoms with E-state index in [2.05, 4.69) is 36.2 Å². The molecule has 0 spiro atoms. The Morgan fingerprint density at radius 1 is 0.638 bits per heavy atom. The topological polar surface area (TPSA) is 166 Å². The van der Waals surface area contributed by atoms with Gasteiger partial charge in [-0.25, -0.2) is 9.97 Å². The zero-order valence-electron chi connectivity index (χ0n) is 32.4. The van der Waals surface area contributed by atoms with E-state index < -0.39 is 0 Å². The van der Waals surface area contributed by atoms with Gasteiger partial charge in [-0.15, -0.1) is 22.7 Å². The molecule has 0 bridgehead atoms. The van der Waals surface area contributed by atoms with Crippen molar-refractivity contribution in [2.24, 2.45) is 0 Å². The summed E-state index contributed by atoms with van der Waals surface area (Å²) in [6, 6.07) is 25.9. The molecule has 4 aromatic carbocycles. The number of ketones is 1. The van der Waals surface area contributed by atoms with E-state index >= 15 is 0 Å². The monoisotopic (exact) mass is 885 g/mol. The number of nitrogens with one attached hydrogen (secondary N) is 1. The molecule has 7 rings (SSSR count). The Bertz CT molecular complexity index is 2490. The summed E-state index contributed by atoms with van der Waals surface area (Å²) in [6.45, 7) is 0. The van der Waals surface area contributed by atoms with Crippen LogP contribution in [0.15, 0.2) is 102 Å². The van der Waals surface area contributed by atoms with Gasteiger partial charge in [0, 0.05) is 39.0 Å². The SMILES string of the molecule is COc1ccc(-c2csc(N)n2)cc1OC.COc1ccc(-c2csc(NC(=O)c3cc4ccccc4cn3)n2)cc1OC.COc1ccc(C(=O)CBr)cc1OC. The number of halogens is 1. The fourth-order valence-electron chi connectivity index (χ4n) is 5.33. The van der Waals surface area contributed by atoms with Crippen LogP contribution in [0.25, 0.3) is 33.3 Å². The molecule has 16 heteroatoms. The molecule has 0 fully saturated rings. The van der Waals surface area contributed by atoms with Crippen molar-refractivity contribution in [3.63, 3.8) is 0 Å². The maximum atomic E-state index is 12.5. The Morgan fingerprint density at radius 3 is 1.69 bits per heavy atom. The molecule has 3 N–H and O–H groups in total. The predicted octanol–water partition coefficient (Wildman–Crippen LogP) is 9.32. The first-order chi connectivity index (χ1) is 28.1. The van der Waals surface area contributed by atoms with Gasteiger partial charge >= 0.3 is 0 Å². The van der Waals surface area contributed by atoms with E-state index in [9.17, 15) is 9.59 Å². The third kappa shape index (κ3) is 10.8. The highest BCUT2D eigenvalue weighted by atomic mass is 79.9. The Labute approximate surface area is 351 Å². The summed E-state index contributed by atoms with van der Waals surface area (Å²) in [5.41, 5.74) is 9.98. The fourth-order valence-corrected chi connectivity index (χ4v) is 6.94. The number of benzene rings is 4. The Morgan fingerprint density at radius 2 is 1.16 bits per heavy atom. The van der Waals surface area contributed by atoms with Crippen LogP contribution in [0, 0.1) is 0 Å². The van der Waals surface area contributed by atoms with Crippen LogP contribution in [0.1, 0.15) is 20.8 Å². The van der Waals surface area contributed by atoms with Gasteiger partial charge in [0.15, 0.2) is 50.5 Å². The molecule has 300 valence electrons. The first-order valence-corrected chi connectivity index (χ1v) is 20.1. The Kier molecular flexibility index (Phi) is 15.4. The molecule has 0 saturated carbocycles. The first-order valence-electron chi connectivity index (χ1n) is 17.2. The molecule has 0 unspecified atom stereocenters. The molecule has 0 aliphatic carbocycles. The van der Waals surface area contributed by atoms with Crippen molar-refractivity contribution in [1.29, 1.82) is 0 Å². The molecule has 0 atom stereocenters. The van der Waals surface area contributed by atoms with Gasteiger partial charge in [0.2, 0.25) is 0 Å². The zero-order chi connectivity index (χ0) is 41.6. The molecule has 0 aliphatic heterocycles. The van der Waals surface area contributed by atoms with Crippen molar-refractivity contribution in [3.8, 4) is 57.0 Å². The van der Waals surface area contributed by atoms with Gasteiger partial charge in [-0.2, -0.15) is 0 Å². The number of nitrogens with two attached hydrogens (primary N) is 1. The number of thiazole rings is 2. The molecule has 0 radical (unpaired) electrons. The van der Waals surface area contributed by atoms with Gasteiger partial charge in [0.25, 0.3) is 5.91 Å². The summed E-state index contributed by atoms with van der Waals surface area (Å²) in [6.07, 6.45) is 1.70. The fraction of sp³-hybridized carbons (Fsp3) is 0.167. The summed E-state index contributed by atoms with van der Waals surface area (Å²) >= 11 is 5.88. The standard InChI is InChI=1S/C21H17N3O3S.C11H12N2O2S.C10H11BrO3/c1-26-18-8-7-14(10-19(18)27-2)17-12-28-21(23-17)24-20(25)16-9-13-5-3-4-6-15(13)11-22-16;1-14-9-4-3-7(5-10(9)15-2)8-6-16-11(12)13-8;1-13-9-4-3-7(8(12)6-11)5-10(9)14-2/h3-12H,1-2H3,(H,23,24,25);3-6H,1-2H3,(H2,12,13);3-5H,6H2,1-2H3. The maximum Gasteiger partial charge on any atom is 0.276 e. The second-order valence-corrected chi connectivity index (χ2v) is 14.1. The van der Waals surface area contributed by atoms with E-state index in [0.717, 1.165) is 33.3 Å². The largest absolute Gasteiger partial charge is 0.493 e. The lowest BCUT2D eigenvalue weighted by atomic mass is 10.1. The number of nitrogen functional groups attached to an aromatic ring is 1. The number of ether oxygens (including phenoxy) is 6. The number of alkyl halides is 1. The molecule has 58 heavy (non-hydrogen) atoms. The lowest BCUT2D eigenvalue weighted by molar-refractivity contribution is 0.101. The molecule has 1 amide bonds. The Balaban J connectivity index is 0.000000181. The highest BCUT2D eigenvalue weighted by Gasteiger charge is 2.14. The highest BCUT2D eigenvalue weighted by molar-refractivity contribution is 9.09. The quantitative estimate of drug-likeness (QED) is 0.0884. The smallest absolute Gasteiger partial charge is 0.276 e. The molecular weight excluding hydrogens is 847 g/mol. The first kappa shape index (κ1) is 42.9. The van der Waals surface area contributed by atoms with Crippen LogP contribution in [0.4, 0.5) is 10.3 Å².